The van der Waals surface area contributed by atoms with Gasteiger partial charge in [-0.05, 0) is 29.7 Å². The fraction of sp³-hybridized carbons (Fsp3) is 0.174. The molecule has 1 atom stereocenters. The van der Waals surface area contributed by atoms with Crippen molar-refractivity contribution in [2.24, 2.45) is 5.92 Å². The van der Waals surface area contributed by atoms with Gasteiger partial charge in [0.1, 0.15) is 0 Å². The van der Waals surface area contributed by atoms with Crippen molar-refractivity contribution in [1.29, 1.82) is 0 Å². The van der Waals surface area contributed by atoms with E-state index in [0.717, 1.165) is 16.5 Å². The first-order chi connectivity index (χ1) is 14.0. The summed E-state index contributed by atoms with van der Waals surface area (Å²) >= 11 is 0. The van der Waals surface area contributed by atoms with E-state index in [1.54, 1.807) is 29.2 Å². The van der Waals surface area contributed by atoms with Crippen LogP contribution >= 0.6 is 0 Å². The number of carbonyl (C=O) groups is 3. The monoisotopic (exact) mass is 387 g/mol. The van der Waals surface area contributed by atoms with Crippen LogP contribution in [0.5, 0.6) is 0 Å². The number of rotatable bonds is 4. The Morgan fingerprint density at radius 3 is 2.41 bits per heavy atom. The average molecular weight is 387 g/mol. The van der Waals surface area contributed by atoms with Crippen LogP contribution in [-0.2, 0) is 14.4 Å². The van der Waals surface area contributed by atoms with E-state index in [1.807, 2.05) is 42.5 Å². The summed E-state index contributed by atoms with van der Waals surface area (Å²) < 4.78 is 0. The zero-order valence-electron chi connectivity index (χ0n) is 16.0. The number of fused-ring (bicyclic) bond motifs is 1. The number of carbonyl (C=O) groups excluding carboxylic acids is 3. The predicted molar refractivity (Wildman–Crippen MR) is 114 cm³/mol. The Labute approximate surface area is 168 Å². The standard InChI is InChI=1S/C23H21N3O3/c1-15(27)24-18-8-5-9-19(13-18)25-23(29)17-12-22(28)26(14-17)21-11-4-7-16-6-2-3-10-20(16)21/h2-11,13,17H,12,14H2,1H3,(H,24,27)(H,25,29)/t17-/m0/s1. The van der Waals surface area contributed by atoms with Gasteiger partial charge in [0, 0.05) is 36.7 Å². The molecule has 1 aliphatic rings. The lowest BCUT2D eigenvalue weighted by Crippen LogP contribution is -2.28. The Balaban J connectivity index is 1.50. The van der Waals surface area contributed by atoms with Crippen LogP contribution in [0.3, 0.4) is 0 Å². The van der Waals surface area contributed by atoms with Gasteiger partial charge in [-0.15, -0.1) is 0 Å². The highest BCUT2D eigenvalue weighted by Gasteiger charge is 2.35. The zero-order chi connectivity index (χ0) is 20.4. The summed E-state index contributed by atoms with van der Waals surface area (Å²) in [6, 6.07) is 20.7. The lowest BCUT2D eigenvalue weighted by atomic mass is 10.1. The molecule has 1 aliphatic heterocycles. The molecule has 146 valence electrons. The molecule has 2 N–H and O–H groups in total. The molecule has 1 fully saturated rings. The van der Waals surface area contributed by atoms with E-state index in [-0.39, 0.29) is 24.1 Å². The van der Waals surface area contributed by atoms with Gasteiger partial charge in [0.25, 0.3) is 0 Å². The van der Waals surface area contributed by atoms with E-state index in [1.165, 1.54) is 6.92 Å². The summed E-state index contributed by atoms with van der Waals surface area (Å²) in [7, 11) is 0. The lowest BCUT2D eigenvalue weighted by molar-refractivity contribution is -0.122. The van der Waals surface area contributed by atoms with Crippen molar-refractivity contribution >= 4 is 45.6 Å². The third-order valence-electron chi connectivity index (χ3n) is 5.00. The molecule has 1 heterocycles. The van der Waals surface area contributed by atoms with Crippen LogP contribution in [0.1, 0.15) is 13.3 Å². The zero-order valence-corrected chi connectivity index (χ0v) is 16.0. The summed E-state index contributed by atoms with van der Waals surface area (Å²) in [5.41, 5.74) is 2.02. The van der Waals surface area contributed by atoms with Gasteiger partial charge in [-0.3, -0.25) is 14.4 Å². The SMILES string of the molecule is CC(=O)Nc1cccc(NC(=O)[C@H]2CC(=O)N(c3cccc4ccccc34)C2)c1. The smallest absolute Gasteiger partial charge is 0.229 e. The Morgan fingerprint density at radius 1 is 0.931 bits per heavy atom. The van der Waals surface area contributed by atoms with Crippen molar-refractivity contribution in [3.63, 3.8) is 0 Å². The highest BCUT2D eigenvalue weighted by molar-refractivity contribution is 6.08. The topological polar surface area (TPSA) is 78.5 Å². The molecule has 3 aromatic carbocycles. The van der Waals surface area contributed by atoms with E-state index in [4.69, 9.17) is 0 Å². The largest absolute Gasteiger partial charge is 0.326 e. The van der Waals surface area contributed by atoms with Crippen LogP contribution < -0.4 is 15.5 Å². The van der Waals surface area contributed by atoms with Gasteiger partial charge in [0.05, 0.1) is 11.6 Å². The number of hydrogen-bond acceptors (Lipinski definition) is 3. The molecule has 0 aromatic heterocycles. The third-order valence-corrected chi connectivity index (χ3v) is 5.00. The van der Waals surface area contributed by atoms with E-state index in [0.29, 0.717) is 17.9 Å². The highest BCUT2D eigenvalue weighted by atomic mass is 16.2. The summed E-state index contributed by atoms with van der Waals surface area (Å²) in [6.07, 6.45) is 0.167. The maximum atomic E-state index is 12.8. The third kappa shape index (κ3) is 3.96. The molecule has 0 saturated carbocycles. The van der Waals surface area contributed by atoms with Crippen molar-refractivity contribution < 1.29 is 14.4 Å². The second-order valence-electron chi connectivity index (χ2n) is 7.15. The van der Waals surface area contributed by atoms with Crippen LogP contribution in [0.2, 0.25) is 0 Å². The molecular weight excluding hydrogens is 366 g/mol. The number of amides is 3. The molecule has 0 spiro atoms. The Morgan fingerprint density at radius 2 is 1.62 bits per heavy atom. The maximum Gasteiger partial charge on any atom is 0.229 e. The van der Waals surface area contributed by atoms with Crippen LogP contribution in [0, 0.1) is 5.92 Å². The minimum Gasteiger partial charge on any atom is -0.326 e. The summed E-state index contributed by atoms with van der Waals surface area (Å²) in [6.45, 7) is 1.77. The molecular formula is C23H21N3O3. The fourth-order valence-electron chi connectivity index (χ4n) is 3.68. The first-order valence-corrected chi connectivity index (χ1v) is 9.48. The van der Waals surface area contributed by atoms with Crippen molar-refractivity contribution in [2.45, 2.75) is 13.3 Å². The van der Waals surface area contributed by atoms with Crippen LogP contribution in [0.15, 0.2) is 66.7 Å². The Kier molecular flexibility index (Phi) is 4.99. The summed E-state index contributed by atoms with van der Waals surface area (Å²) in [4.78, 5) is 38.3. The maximum absolute atomic E-state index is 12.8. The normalized spacial score (nSPS) is 16.1. The van der Waals surface area contributed by atoms with Gasteiger partial charge in [0.2, 0.25) is 17.7 Å². The molecule has 0 aliphatic carbocycles. The van der Waals surface area contributed by atoms with E-state index >= 15 is 0 Å². The van der Waals surface area contributed by atoms with Gasteiger partial charge in [0.15, 0.2) is 0 Å². The van der Waals surface area contributed by atoms with E-state index < -0.39 is 5.92 Å². The van der Waals surface area contributed by atoms with Crippen molar-refractivity contribution in [2.75, 3.05) is 22.1 Å². The number of anilines is 3. The van der Waals surface area contributed by atoms with E-state index in [2.05, 4.69) is 10.6 Å². The molecule has 0 radical (unpaired) electrons. The fourth-order valence-corrected chi connectivity index (χ4v) is 3.68. The molecule has 0 bridgehead atoms. The van der Waals surface area contributed by atoms with Gasteiger partial charge in [-0.2, -0.15) is 0 Å². The minimum absolute atomic E-state index is 0.0616. The molecule has 4 rings (SSSR count). The molecule has 1 saturated heterocycles. The molecule has 29 heavy (non-hydrogen) atoms. The van der Waals surface area contributed by atoms with Crippen molar-refractivity contribution in [1.82, 2.24) is 0 Å². The summed E-state index contributed by atoms with van der Waals surface area (Å²) in [5, 5.41) is 7.60. The molecule has 0 unspecified atom stereocenters. The van der Waals surface area contributed by atoms with Crippen LogP contribution in [0.4, 0.5) is 17.1 Å². The van der Waals surface area contributed by atoms with Crippen molar-refractivity contribution in [3.05, 3.63) is 66.7 Å². The van der Waals surface area contributed by atoms with Gasteiger partial charge >= 0.3 is 0 Å². The highest BCUT2D eigenvalue weighted by Crippen LogP contribution is 2.32. The number of nitrogens with one attached hydrogen (secondary N) is 2. The number of benzene rings is 3. The molecule has 6 nitrogen and oxygen atoms in total. The molecule has 3 aromatic rings. The Hall–Kier alpha value is -3.67. The first-order valence-electron chi connectivity index (χ1n) is 9.48. The molecule has 3 amide bonds. The van der Waals surface area contributed by atoms with Gasteiger partial charge in [-0.1, -0.05) is 42.5 Å². The minimum atomic E-state index is -0.439. The first kappa shape index (κ1) is 18.7. The van der Waals surface area contributed by atoms with Crippen LogP contribution in [-0.4, -0.2) is 24.3 Å². The van der Waals surface area contributed by atoms with Gasteiger partial charge in [-0.25, -0.2) is 0 Å². The predicted octanol–water partition coefficient (Wildman–Crippen LogP) is 3.79. The summed E-state index contributed by atoms with van der Waals surface area (Å²) in [5.74, 6) is -0.888. The average Bonchev–Trinajstić information content (AvgIpc) is 3.09. The quantitative estimate of drug-likeness (QED) is 0.715. The van der Waals surface area contributed by atoms with Gasteiger partial charge < -0.3 is 15.5 Å². The van der Waals surface area contributed by atoms with E-state index in [9.17, 15) is 14.4 Å². The Bertz CT molecular complexity index is 1100. The number of nitrogens with zero attached hydrogens (tertiary/aromatic N) is 1. The lowest BCUT2D eigenvalue weighted by Gasteiger charge is -2.19. The second kappa shape index (κ2) is 7.75. The molecule has 6 heteroatoms. The second-order valence-corrected chi connectivity index (χ2v) is 7.15. The van der Waals surface area contributed by atoms with Crippen molar-refractivity contribution in [3.8, 4) is 0 Å². The van der Waals surface area contributed by atoms with Crippen LogP contribution in [0.25, 0.3) is 10.8 Å². The number of hydrogen-bond donors (Lipinski definition) is 2.